The maximum Gasteiger partial charge on any atom is 0.332 e. The average Bonchev–Trinajstić information content (AvgIpc) is 2.16. The van der Waals surface area contributed by atoms with Crippen molar-refractivity contribution in [1.29, 1.82) is 0 Å². The number of benzene rings is 1. The standard InChI is InChI=1S/C8H7ClN2O5/c9-5-2-1-3-6(8(5)11(14)15)10-16-4-7(12)13/h1-3,10H,4H2,(H,12,13). The fourth-order valence-electron chi connectivity index (χ4n) is 0.959. The van der Waals surface area contributed by atoms with Crippen LogP contribution in [0, 0.1) is 10.1 Å². The lowest BCUT2D eigenvalue weighted by Gasteiger charge is -2.06. The van der Waals surface area contributed by atoms with Gasteiger partial charge in [0.2, 0.25) is 0 Å². The molecule has 0 saturated carbocycles. The smallest absolute Gasteiger partial charge is 0.332 e. The van der Waals surface area contributed by atoms with Crippen LogP contribution in [0.3, 0.4) is 0 Å². The Morgan fingerprint density at radius 2 is 2.31 bits per heavy atom. The summed E-state index contributed by atoms with van der Waals surface area (Å²) in [5.74, 6) is -1.20. The molecular formula is C8H7ClN2O5. The first-order chi connectivity index (χ1) is 7.52. The van der Waals surface area contributed by atoms with Gasteiger partial charge >= 0.3 is 11.7 Å². The minimum Gasteiger partial charge on any atom is -0.479 e. The van der Waals surface area contributed by atoms with Crippen LogP contribution in [-0.2, 0) is 9.63 Å². The SMILES string of the molecule is O=C(O)CONc1cccc(Cl)c1[N+](=O)[O-]. The molecule has 0 saturated heterocycles. The van der Waals surface area contributed by atoms with Crippen LogP contribution in [0.2, 0.25) is 5.02 Å². The summed E-state index contributed by atoms with van der Waals surface area (Å²) < 4.78 is 0. The predicted octanol–water partition coefficient (Wildman–Crippen LogP) is 1.68. The highest BCUT2D eigenvalue weighted by Crippen LogP contribution is 2.32. The zero-order valence-electron chi connectivity index (χ0n) is 7.84. The minimum atomic E-state index is -1.20. The molecule has 0 unspecified atom stereocenters. The van der Waals surface area contributed by atoms with Crippen LogP contribution >= 0.6 is 11.6 Å². The van der Waals surface area contributed by atoms with E-state index < -0.39 is 17.5 Å². The zero-order valence-corrected chi connectivity index (χ0v) is 8.60. The number of carbonyl (C=O) groups is 1. The summed E-state index contributed by atoms with van der Waals surface area (Å²) in [4.78, 5) is 24.6. The maximum absolute atomic E-state index is 10.6. The molecule has 0 bridgehead atoms. The van der Waals surface area contributed by atoms with Gasteiger partial charge in [-0.05, 0) is 12.1 Å². The third-order valence-electron chi connectivity index (χ3n) is 1.55. The van der Waals surface area contributed by atoms with Crippen LogP contribution in [0.15, 0.2) is 18.2 Å². The Hall–Kier alpha value is -1.86. The number of nitrogens with zero attached hydrogens (tertiary/aromatic N) is 1. The highest BCUT2D eigenvalue weighted by atomic mass is 35.5. The average molecular weight is 247 g/mol. The number of nitro groups is 1. The van der Waals surface area contributed by atoms with Gasteiger partial charge in [0.1, 0.15) is 10.7 Å². The first kappa shape index (κ1) is 12.2. The maximum atomic E-state index is 10.6. The molecule has 2 N–H and O–H groups in total. The molecule has 0 atom stereocenters. The van der Waals surface area contributed by atoms with Gasteiger partial charge in [0.25, 0.3) is 0 Å². The lowest BCUT2D eigenvalue weighted by atomic mass is 10.3. The molecule has 0 heterocycles. The van der Waals surface area contributed by atoms with Gasteiger partial charge in [-0.2, -0.15) is 0 Å². The van der Waals surface area contributed by atoms with Crippen molar-refractivity contribution in [3.8, 4) is 0 Å². The van der Waals surface area contributed by atoms with Gasteiger partial charge in [0.05, 0.1) is 4.92 Å². The third-order valence-corrected chi connectivity index (χ3v) is 1.85. The van der Waals surface area contributed by atoms with E-state index in [1.807, 2.05) is 0 Å². The molecule has 0 spiro atoms. The molecule has 0 aromatic heterocycles. The summed E-state index contributed by atoms with van der Waals surface area (Å²) in [5, 5.41) is 18.9. The molecule has 0 fully saturated rings. The fourth-order valence-corrected chi connectivity index (χ4v) is 1.20. The Bertz CT molecular complexity index is 423. The Morgan fingerprint density at radius 1 is 1.62 bits per heavy atom. The van der Waals surface area contributed by atoms with Gasteiger partial charge in [-0.1, -0.05) is 17.7 Å². The van der Waals surface area contributed by atoms with E-state index in [2.05, 4.69) is 10.3 Å². The number of anilines is 1. The number of hydrogen-bond donors (Lipinski definition) is 2. The summed E-state index contributed by atoms with van der Waals surface area (Å²) in [6, 6.07) is 4.18. The predicted molar refractivity (Wildman–Crippen MR) is 55.3 cm³/mol. The number of nitro benzene ring substituents is 1. The molecule has 1 aromatic rings. The number of aliphatic carboxylic acids is 1. The second-order valence-electron chi connectivity index (χ2n) is 2.68. The number of nitrogens with one attached hydrogen (secondary N) is 1. The van der Waals surface area contributed by atoms with Gasteiger partial charge in [-0.15, -0.1) is 0 Å². The van der Waals surface area contributed by atoms with Crippen molar-refractivity contribution < 1.29 is 19.7 Å². The number of hydrogen-bond acceptors (Lipinski definition) is 5. The van der Waals surface area contributed by atoms with Gasteiger partial charge in [-0.3, -0.25) is 20.4 Å². The molecule has 0 radical (unpaired) electrons. The first-order valence-electron chi connectivity index (χ1n) is 4.05. The molecular weight excluding hydrogens is 240 g/mol. The third kappa shape index (κ3) is 3.07. The number of halogens is 1. The van der Waals surface area contributed by atoms with Gasteiger partial charge in [0, 0.05) is 0 Å². The molecule has 1 rings (SSSR count). The van der Waals surface area contributed by atoms with Crippen molar-refractivity contribution in [2.45, 2.75) is 0 Å². The summed E-state index contributed by atoms with van der Waals surface area (Å²) >= 11 is 5.61. The topological polar surface area (TPSA) is 102 Å². The molecule has 8 heteroatoms. The van der Waals surface area contributed by atoms with Crippen molar-refractivity contribution >= 4 is 28.9 Å². The summed E-state index contributed by atoms with van der Waals surface area (Å²) in [6.07, 6.45) is 0. The Balaban J connectivity index is 2.83. The molecule has 86 valence electrons. The van der Waals surface area contributed by atoms with E-state index in [4.69, 9.17) is 16.7 Å². The summed E-state index contributed by atoms with van der Waals surface area (Å²) in [7, 11) is 0. The molecule has 7 nitrogen and oxygen atoms in total. The van der Waals surface area contributed by atoms with E-state index >= 15 is 0 Å². The Labute approximate surface area is 94.7 Å². The van der Waals surface area contributed by atoms with E-state index in [0.29, 0.717) is 0 Å². The van der Waals surface area contributed by atoms with Crippen LogP contribution in [0.25, 0.3) is 0 Å². The number of rotatable bonds is 5. The lowest BCUT2D eigenvalue weighted by molar-refractivity contribution is -0.384. The second-order valence-corrected chi connectivity index (χ2v) is 3.08. The highest BCUT2D eigenvalue weighted by molar-refractivity contribution is 6.33. The lowest BCUT2D eigenvalue weighted by Crippen LogP contribution is -2.12. The molecule has 0 aliphatic heterocycles. The van der Waals surface area contributed by atoms with Crippen molar-refractivity contribution in [3.05, 3.63) is 33.3 Å². The normalized spacial score (nSPS) is 9.81. The van der Waals surface area contributed by atoms with Gasteiger partial charge in [0.15, 0.2) is 6.61 Å². The van der Waals surface area contributed by atoms with Crippen molar-refractivity contribution in [1.82, 2.24) is 0 Å². The van der Waals surface area contributed by atoms with E-state index in [9.17, 15) is 14.9 Å². The van der Waals surface area contributed by atoms with E-state index in [1.54, 1.807) is 0 Å². The van der Waals surface area contributed by atoms with Crippen molar-refractivity contribution in [2.75, 3.05) is 12.1 Å². The second kappa shape index (κ2) is 5.29. The molecule has 0 aliphatic carbocycles. The van der Waals surface area contributed by atoms with Crippen LogP contribution in [-0.4, -0.2) is 22.6 Å². The van der Waals surface area contributed by atoms with Gasteiger partial charge < -0.3 is 5.11 Å². The Kier molecular flexibility index (Phi) is 4.03. The van der Waals surface area contributed by atoms with E-state index in [0.717, 1.165) is 0 Å². The largest absolute Gasteiger partial charge is 0.479 e. The number of carboxylic acids is 1. The monoisotopic (exact) mass is 246 g/mol. The van der Waals surface area contributed by atoms with Gasteiger partial charge in [-0.25, -0.2) is 4.79 Å². The molecule has 0 amide bonds. The van der Waals surface area contributed by atoms with Crippen LogP contribution < -0.4 is 5.48 Å². The molecule has 16 heavy (non-hydrogen) atoms. The minimum absolute atomic E-state index is 0.00116. The number of carboxylic acid groups (broad SMARTS) is 1. The molecule has 1 aromatic carbocycles. The van der Waals surface area contributed by atoms with Crippen LogP contribution in [0.1, 0.15) is 0 Å². The van der Waals surface area contributed by atoms with Crippen molar-refractivity contribution in [3.63, 3.8) is 0 Å². The Morgan fingerprint density at radius 3 is 2.88 bits per heavy atom. The van der Waals surface area contributed by atoms with Crippen LogP contribution in [0.4, 0.5) is 11.4 Å². The fraction of sp³-hybridized carbons (Fsp3) is 0.125. The van der Waals surface area contributed by atoms with Crippen molar-refractivity contribution in [2.24, 2.45) is 0 Å². The number of para-hydroxylation sites is 1. The van der Waals surface area contributed by atoms with E-state index in [-0.39, 0.29) is 16.4 Å². The van der Waals surface area contributed by atoms with E-state index in [1.165, 1.54) is 18.2 Å². The zero-order chi connectivity index (χ0) is 12.1. The first-order valence-corrected chi connectivity index (χ1v) is 4.42. The quantitative estimate of drug-likeness (QED) is 0.605. The molecule has 0 aliphatic rings. The summed E-state index contributed by atoms with van der Waals surface area (Å²) in [6.45, 7) is -0.621. The summed E-state index contributed by atoms with van der Waals surface area (Å²) in [5.41, 5.74) is 1.79. The highest BCUT2D eigenvalue weighted by Gasteiger charge is 2.18. The van der Waals surface area contributed by atoms with Crippen LogP contribution in [0.5, 0.6) is 0 Å².